The summed E-state index contributed by atoms with van der Waals surface area (Å²) in [6, 6.07) is 6.23. The summed E-state index contributed by atoms with van der Waals surface area (Å²) >= 11 is 0. The number of urea groups is 1. The van der Waals surface area contributed by atoms with Crippen LogP contribution in [0.25, 0.3) is 0 Å². The number of nitrogens with one attached hydrogen (secondary N) is 1. The average Bonchev–Trinajstić information content (AvgIpc) is 3.13. The lowest BCUT2D eigenvalue weighted by molar-refractivity contribution is 0.245. The van der Waals surface area contributed by atoms with Crippen molar-refractivity contribution in [1.82, 2.24) is 5.32 Å². The molecule has 2 amide bonds. The van der Waals surface area contributed by atoms with Gasteiger partial charge in [0.05, 0.1) is 5.69 Å². The second-order valence-electron chi connectivity index (χ2n) is 4.82. The van der Waals surface area contributed by atoms with Crippen molar-refractivity contribution in [3.8, 4) is 0 Å². The van der Waals surface area contributed by atoms with Crippen LogP contribution in [0.5, 0.6) is 0 Å². The van der Waals surface area contributed by atoms with E-state index >= 15 is 0 Å². The number of carbonyl (C=O) groups excluding carboxylic acids is 1. The number of hydrogen-bond acceptors (Lipinski definition) is 2. The third-order valence-corrected chi connectivity index (χ3v) is 3.44. The van der Waals surface area contributed by atoms with E-state index in [0.717, 1.165) is 49.2 Å². The van der Waals surface area contributed by atoms with Gasteiger partial charge in [0.2, 0.25) is 0 Å². The van der Waals surface area contributed by atoms with Crippen molar-refractivity contribution in [2.24, 2.45) is 0 Å². The summed E-state index contributed by atoms with van der Waals surface area (Å²) < 4.78 is 0. The monoisotopic (exact) mass is 231 g/mol. The smallest absolute Gasteiger partial charge is 0.322 e. The number of anilines is 2. The Morgan fingerprint density at radius 3 is 3.00 bits per heavy atom. The molecule has 2 aliphatic rings. The van der Waals surface area contributed by atoms with Gasteiger partial charge in [-0.2, -0.15) is 0 Å². The van der Waals surface area contributed by atoms with Gasteiger partial charge in [0, 0.05) is 18.3 Å². The Hall–Kier alpha value is -1.71. The molecule has 1 fully saturated rings. The standard InChI is InChI=1S/C13H17N3O/c14-11-4-1-5-12-10(11)3-2-8-16(12)13(17)15-9-6-7-9/h1,4-5,9H,2-3,6-8,14H2,(H,15,17). The number of benzene rings is 1. The summed E-state index contributed by atoms with van der Waals surface area (Å²) in [5, 5.41) is 3.03. The molecule has 1 aromatic carbocycles. The van der Waals surface area contributed by atoms with Crippen LogP contribution in [0.3, 0.4) is 0 Å². The Kier molecular flexibility index (Phi) is 2.42. The van der Waals surface area contributed by atoms with E-state index in [4.69, 9.17) is 5.73 Å². The fraction of sp³-hybridized carbons (Fsp3) is 0.462. The minimum absolute atomic E-state index is 0.0269. The largest absolute Gasteiger partial charge is 0.398 e. The summed E-state index contributed by atoms with van der Waals surface area (Å²) in [6.45, 7) is 0.787. The first-order chi connectivity index (χ1) is 8.25. The molecule has 0 atom stereocenters. The number of amides is 2. The minimum atomic E-state index is 0.0269. The van der Waals surface area contributed by atoms with Gasteiger partial charge in [-0.15, -0.1) is 0 Å². The van der Waals surface area contributed by atoms with Gasteiger partial charge in [0.25, 0.3) is 0 Å². The molecule has 4 heteroatoms. The van der Waals surface area contributed by atoms with E-state index in [1.165, 1.54) is 0 Å². The van der Waals surface area contributed by atoms with Gasteiger partial charge in [0.1, 0.15) is 0 Å². The highest BCUT2D eigenvalue weighted by atomic mass is 16.2. The zero-order chi connectivity index (χ0) is 11.8. The topological polar surface area (TPSA) is 58.4 Å². The number of nitrogen functional groups attached to an aromatic ring is 1. The zero-order valence-corrected chi connectivity index (χ0v) is 9.78. The number of nitrogens with zero attached hydrogens (tertiary/aromatic N) is 1. The quantitative estimate of drug-likeness (QED) is 0.725. The van der Waals surface area contributed by atoms with Gasteiger partial charge in [0.15, 0.2) is 0 Å². The molecule has 0 radical (unpaired) electrons. The summed E-state index contributed by atoms with van der Waals surface area (Å²) in [5.74, 6) is 0. The highest BCUT2D eigenvalue weighted by Gasteiger charge is 2.29. The van der Waals surface area contributed by atoms with Crippen molar-refractivity contribution < 1.29 is 4.79 Å². The Balaban J connectivity index is 1.87. The molecule has 90 valence electrons. The first kappa shape index (κ1) is 10.4. The summed E-state index contributed by atoms with van der Waals surface area (Å²) in [5.41, 5.74) is 8.85. The van der Waals surface area contributed by atoms with E-state index in [0.29, 0.717) is 6.04 Å². The maximum Gasteiger partial charge on any atom is 0.322 e. The SMILES string of the molecule is Nc1cccc2c1CCCN2C(=O)NC1CC1. The first-order valence-electron chi connectivity index (χ1n) is 6.21. The van der Waals surface area contributed by atoms with Crippen LogP contribution in [0.15, 0.2) is 18.2 Å². The van der Waals surface area contributed by atoms with Gasteiger partial charge < -0.3 is 11.1 Å². The third kappa shape index (κ3) is 1.95. The number of nitrogens with two attached hydrogens (primary N) is 1. The Labute approximate surface area is 101 Å². The molecule has 4 nitrogen and oxygen atoms in total. The molecule has 3 rings (SSSR count). The van der Waals surface area contributed by atoms with Crippen LogP contribution in [0.1, 0.15) is 24.8 Å². The Morgan fingerprint density at radius 1 is 1.41 bits per heavy atom. The van der Waals surface area contributed by atoms with Gasteiger partial charge in [-0.05, 0) is 43.4 Å². The van der Waals surface area contributed by atoms with Crippen molar-refractivity contribution in [3.63, 3.8) is 0 Å². The van der Waals surface area contributed by atoms with Crippen LogP contribution in [-0.2, 0) is 6.42 Å². The molecule has 0 saturated heterocycles. The lowest BCUT2D eigenvalue weighted by atomic mass is 10.0. The van der Waals surface area contributed by atoms with Crippen molar-refractivity contribution >= 4 is 17.4 Å². The Bertz CT molecular complexity index is 454. The molecule has 3 N–H and O–H groups in total. The van der Waals surface area contributed by atoms with Crippen molar-refractivity contribution in [2.75, 3.05) is 17.2 Å². The van der Waals surface area contributed by atoms with Gasteiger partial charge in [-0.3, -0.25) is 4.90 Å². The number of carbonyl (C=O) groups is 1. The van der Waals surface area contributed by atoms with Crippen LogP contribution in [0.4, 0.5) is 16.2 Å². The molecule has 1 aromatic rings. The van der Waals surface area contributed by atoms with Crippen LogP contribution in [0.2, 0.25) is 0 Å². The summed E-state index contributed by atoms with van der Waals surface area (Å²) in [4.78, 5) is 13.9. The third-order valence-electron chi connectivity index (χ3n) is 3.44. The van der Waals surface area contributed by atoms with Crippen LogP contribution < -0.4 is 16.0 Å². The lowest BCUT2D eigenvalue weighted by Gasteiger charge is -2.30. The van der Waals surface area contributed by atoms with Crippen LogP contribution in [0, 0.1) is 0 Å². The highest BCUT2D eigenvalue weighted by Crippen LogP contribution is 2.31. The zero-order valence-electron chi connectivity index (χ0n) is 9.78. The van der Waals surface area contributed by atoms with E-state index in [1.54, 1.807) is 0 Å². The lowest BCUT2D eigenvalue weighted by Crippen LogP contribution is -2.43. The van der Waals surface area contributed by atoms with E-state index in [-0.39, 0.29) is 6.03 Å². The second kappa shape index (κ2) is 3.95. The number of fused-ring (bicyclic) bond motifs is 1. The predicted octanol–water partition coefficient (Wildman–Crippen LogP) is 1.89. The fourth-order valence-electron chi connectivity index (χ4n) is 2.34. The summed E-state index contributed by atoms with van der Waals surface area (Å²) in [6.07, 6.45) is 4.18. The molecule has 1 saturated carbocycles. The van der Waals surface area contributed by atoms with E-state index in [1.807, 2.05) is 23.1 Å². The molecular weight excluding hydrogens is 214 g/mol. The Morgan fingerprint density at radius 2 is 2.24 bits per heavy atom. The molecule has 0 aromatic heterocycles. The van der Waals surface area contributed by atoms with Crippen molar-refractivity contribution in [3.05, 3.63) is 23.8 Å². The van der Waals surface area contributed by atoms with E-state index < -0.39 is 0 Å². The average molecular weight is 231 g/mol. The molecule has 1 heterocycles. The van der Waals surface area contributed by atoms with Gasteiger partial charge in [-0.1, -0.05) is 6.07 Å². The molecule has 0 unspecified atom stereocenters. The molecule has 0 bridgehead atoms. The van der Waals surface area contributed by atoms with Gasteiger partial charge in [-0.25, -0.2) is 4.79 Å². The first-order valence-corrected chi connectivity index (χ1v) is 6.21. The molecular formula is C13H17N3O. The fourth-order valence-corrected chi connectivity index (χ4v) is 2.34. The molecule has 17 heavy (non-hydrogen) atoms. The normalized spacial score (nSPS) is 18.7. The minimum Gasteiger partial charge on any atom is -0.398 e. The van der Waals surface area contributed by atoms with Gasteiger partial charge >= 0.3 is 6.03 Å². The maximum absolute atomic E-state index is 12.1. The van der Waals surface area contributed by atoms with Crippen LogP contribution in [-0.4, -0.2) is 18.6 Å². The van der Waals surface area contributed by atoms with E-state index in [9.17, 15) is 4.79 Å². The number of hydrogen-bond donors (Lipinski definition) is 2. The van der Waals surface area contributed by atoms with Crippen molar-refractivity contribution in [2.45, 2.75) is 31.7 Å². The highest BCUT2D eigenvalue weighted by molar-refractivity contribution is 5.94. The number of rotatable bonds is 1. The second-order valence-corrected chi connectivity index (χ2v) is 4.82. The van der Waals surface area contributed by atoms with Crippen LogP contribution >= 0.6 is 0 Å². The maximum atomic E-state index is 12.1. The predicted molar refractivity (Wildman–Crippen MR) is 68.1 cm³/mol. The molecule has 1 aliphatic carbocycles. The summed E-state index contributed by atoms with van der Waals surface area (Å²) in [7, 11) is 0. The molecule has 0 spiro atoms. The van der Waals surface area contributed by atoms with E-state index in [2.05, 4.69) is 5.32 Å². The molecule has 1 aliphatic heterocycles. The van der Waals surface area contributed by atoms with Crippen molar-refractivity contribution in [1.29, 1.82) is 0 Å².